The van der Waals surface area contributed by atoms with Crippen molar-refractivity contribution in [2.24, 2.45) is 0 Å². The average Bonchev–Trinajstić information content (AvgIpc) is 1.62. The maximum atomic E-state index is 14.9. The molecule has 0 bridgehead atoms. The van der Waals surface area contributed by atoms with E-state index in [1.807, 2.05) is 72.8 Å². The summed E-state index contributed by atoms with van der Waals surface area (Å²) in [5.41, 5.74) is 6.95. The second kappa shape index (κ2) is 31.3. The third kappa shape index (κ3) is 16.2. The lowest BCUT2D eigenvalue weighted by molar-refractivity contribution is 0.103. The number of carbonyl (C=O) groups excluding carboxylic acids is 3. The summed E-state index contributed by atoms with van der Waals surface area (Å²) in [5, 5.41) is 11.7. The molecule has 0 saturated heterocycles. The Hall–Kier alpha value is -9.27. The first-order valence-electron chi connectivity index (χ1n) is 33.4. The summed E-state index contributed by atoms with van der Waals surface area (Å²) in [5.74, 6) is -0.116. The van der Waals surface area contributed by atoms with Crippen LogP contribution in [-0.2, 0) is 19.3 Å². The maximum absolute atomic E-state index is 14.9. The van der Waals surface area contributed by atoms with Crippen LogP contribution in [0.2, 0.25) is 0 Å². The normalized spacial score (nSPS) is 11.6. The van der Waals surface area contributed by atoms with Gasteiger partial charge in [-0.05, 0) is 259 Å². The van der Waals surface area contributed by atoms with Gasteiger partial charge in [-0.3, -0.25) is 14.4 Å². The Morgan fingerprint density at radius 3 is 0.842 bits per heavy atom. The van der Waals surface area contributed by atoms with E-state index in [-0.39, 0.29) is 66.5 Å². The van der Waals surface area contributed by atoms with E-state index < -0.39 is 25.6 Å². The second-order valence-electron chi connectivity index (χ2n) is 24.8. The predicted molar refractivity (Wildman–Crippen MR) is 401 cm³/mol. The summed E-state index contributed by atoms with van der Waals surface area (Å²) >= 11 is 3.40. The van der Waals surface area contributed by atoms with Crippen LogP contribution in [0.15, 0.2) is 164 Å². The van der Waals surface area contributed by atoms with E-state index in [2.05, 4.69) is 36.7 Å². The first-order valence-corrected chi connectivity index (χ1v) is 37.4. The molecule has 518 valence electrons. The molecule has 9 aromatic carbocycles. The molecule has 0 fully saturated rings. The highest BCUT2D eigenvalue weighted by Gasteiger charge is 2.51. The number of thiophene rings is 3. The Morgan fingerprint density at radius 2 is 0.604 bits per heavy atom. The van der Waals surface area contributed by atoms with Gasteiger partial charge in [0.1, 0.15) is 49.3 Å². The first kappa shape index (κ1) is 71.6. The first-order chi connectivity index (χ1) is 48.7. The van der Waals surface area contributed by atoms with Gasteiger partial charge in [0.2, 0.25) is 17.3 Å². The molecule has 3 aromatic heterocycles. The number of nitrogens with one attached hydrogen (secondary N) is 3. The van der Waals surface area contributed by atoms with Crippen LogP contribution in [-0.4, -0.2) is 61.5 Å². The molecule has 0 amide bonds. The van der Waals surface area contributed by atoms with Crippen molar-refractivity contribution in [1.82, 2.24) is 16.0 Å². The number of rotatable bonds is 30. The molecule has 4 N–H and O–H groups in total. The fourth-order valence-corrected chi connectivity index (χ4v) is 17.0. The zero-order valence-corrected chi connectivity index (χ0v) is 60.7. The van der Waals surface area contributed by atoms with Crippen molar-refractivity contribution in [3.63, 3.8) is 0 Å². The van der Waals surface area contributed by atoms with Crippen LogP contribution in [0, 0.1) is 59.0 Å². The molecule has 12 aromatic rings. The lowest BCUT2D eigenvalue weighted by Gasteiger charge is -2.16. The minimum absolute atomic E-state index is 0.0659. The SMILES string of the molecule is CCNCCc1ccc(Oc2c(C(=O)c3c(C)cc(F)cc3C)sc3cc(O[P+](O)(Oc4ccc5c(Oc6ccc(CCNCC)cc6)c(C(=O)c6c(C)cc(F)cc6C)sc5c4)Oc4ccc5c(Oc6ccc(CCNCC)cc6)c(C(=O)c6c(C)cc(F)cc6C)sc5c4)ccc23)cc1. The van der Waals surface area contributed by atoms with Gasteiger partial charge in [0, 0.05) is 65.1 Å². The van der Waals surface area contributed by atoms with E-state index >= 15 is 0 Å². The molecular formula is C81H76F3N3O10PS3+. The van der Waals surface area contributed by atoms with Gasteiger partial charge in [-0.1, -0.05) is 57.2 Å². The Labute approximate surface area is 597 Å². The summed E-state index contributed by atoms with van der Waals surface area (Å²) in [6.07, 6.45) is 2.39. The van der Waals surface area contributed by atoms with Crippen molar-refractivity contribution < 1.29 is 60.2 Å². The fraction of sp³-hybridized carbons (Fsp3) is 0.222. The number of likely N-dealkylation sites (N-methyl/N-ethyl adjacent to an activating group) is 3. The molecule has 3 heterocycles. The predicted octanol–water partition coefficient (Wildman–Crippen LogP) is 20.3. The zero-order chi connectivity index (χ0) is 71.2. The van der Waals surface area contributed by atoms with Gasteiger partial charge < -0.3 is 30.2 Å². The van der Waals surface area contributed by atoms with Crippen molar-refractivity contribution in [3.05, 3.63) is 263 Å². The van der Waals surface area contributed by atoms with E-state index in [9.17, 15) is 32.4 Å². The van der Waals surface area contributed by atoms with Gasteiger partial charge in [0.25, 0.3) is 0 Å². The standard InChI is InChI=1S/C81H76F3N3O10PS3/c1-10-85-34-31-52-13-19-58(20-14-52)92-76-64-28-25-61(43-67(64)99-79(76)73(88)70-46(4)37-55(82)38-47(70)5)95-98(91,96-62-26-29-65-68(44-62)100-80(74(89)71-48(6)39-56(83)40-49(71)7)77(65)93-59-21-15-53(16-22-59)32-35-86-11-2)97-63-27-30-66-69(45-63)101-81(75(90)72-50(8)41-57(84)42-51(72)9)78(66)94-60-23-17-54(18-24-60)33-36-87-12-3/h13-30,37-45,85-87,91H,10-12,31-36H2,1-9H3/q+1. The molecule has 101 heavy (non-hydrogen) atoms. The van der Waals surface area contributed by atoms with E-state index in [1.165, 1.54) is 36.4 Å². The number of halogens is 3. The van der Waals surface area contributed by atoms with Gasteiger partial charge in [0.05, 0.1) is 0 Å². The fourth-order valence-electron chi connectivity index (χ4n) is 12.4. The Bertz CT molecular complexity index is 4520. The summed E-state index contributed by atoms with van der Waals surface area (Å²) < 4.78 is 86.0. The van der Waals surface area contributed by atoms with Crippen LogP contribution in [0.1, 0.15) is 117 Å². The van der Waals surface area contributed by atoms with Gasteiger partial charge in [-0.25, -0.2) is 26.7 Å². The summed E-state index contributed by atoms with van der Waals surface area (Å²) in [4.78, 5) is 58.8. The average molecular weight is 1440 g/mol. The molecule has 0 saturated carbocycles. The third-order valence-electron chi connectivity index (χ3n) is 17.3. The van der Waals surface area contributed by atoms with Crippen LogP contribution in [0.4, 0.5) is 13.2 Å². The van der Waals surface area contributed by atoms with Crippen molar-refractivity contribution in [2.75, 3.05) is 39.3 Å². The molecule has 0 aliphatic heterocycles. The molecule has 0 spiro atoms. The second-order valence-corrected chi connectivity index (χ2v) is 29.4. The summed E-state index contributed by atoms with van der Waals surface area (Å²) in [6.45, 7) is 21.2. The number of ketones is 3. The van der Waals surface area contributed by atoms with Gasteiger partial charge in [0.15, 0.2) is 34.5 Å². The minimum Gasteiger partial charge on any atom is -0.455 e. The highest BCUT2D eigenvalue weighted by molar-refractivity contribution is 7.56. The van der Waals surface area contributed by atoms with E-state index in [1.54, 1.807) is 96.1 Å². The molecule has 12 rings (SSSR count). The Kier molecular flexibility index (Phi) is 22.2. The van der Waals surface area contributed by atoms with Crippen molar-refractivity contribution in [3.8, 4) is 51.7 Å². The molecule has 0 radical (unpaired) electrons. The largest absolute Gasteiger partial charge is 0.714 e. The molecule has 0 aliphatic rings. The van der Waals surface area contributed by atoms with Crippen molar-refractivity contribution >= 4 is 89.8 Å². The van der Waals surface area contributed by atoms with Gasteiger partial charge >= 0.3 is 8.17 Å². The maximum Gasteiger partial charge on any atom is 0.714 e. The van der Waals surface area contributed by atoms with Crippen LogP contribution < -0.4 is 43.7 Å². The molecule has 20 heteroatoms. The van der Waals surface area contributed by atoms with Crippen LogP contribution >= 0.6 is 42.2 Å². The highest BCUT2D eigenvalue weighted by atomic mass is 32.1. The monoisotopic (exact) mass is 1430 g/mol. The zero-order valence-electron chi connectivity index (χ0n) is 57.4. The Morgan fingerprint density at radius 1 is 0.366 bits per heavy atom. The third-order valence-corrected chi connectivity index (χ3v) is 22.0. The van der Waals surface area contributed by atoms with E-state index in [0.717, 1.165) is 109 Å². The molecule has 0 atom stereocenters. The number of hydrogen-bond acceptors (Lipinski definition) is 16. The molecule has 0 aliphatic carbocycles. The molecule has 13 nitrogen and oxygen atoms in total. The number of carbonyl (C=O) groups is 3. The summed E-state index contributed by atoms with van der Waals surface area (Å²) in [6, 6.07) is 45.8. The number of aryl methyl sites for hydroxylation is 6. The minimum atomic E-state index is -4.75. The number of benzene rings is 9. The van der Waals surface area contributed by atoms with Crippen LogP contribution in [0.5, 0.6) is 51.7 Å². The molecule has 0 unspecified atom stereocenters. The lowest BCUT2D eigenvalue weighted by Crippen LogP contribution is -2.15. The number of hydrogen-bond donors (Lipinski definition) is 4. The smallest absolute Gasteiger partial charge is 0.455 e. The van der Waals surface area contributed by atoms with Crippen molar-refractivity contribution in [2.45, 2.75) is 81.6 Å². The Balaban J connectivity index is 0.963. The highest BCUT2D eigenvalue weighted by Crippen LogP contribution is 2.59. The summed E-state index contributed by atoms with van der Waals surface area (Å²) in [7, 11) is -4.75. The van der Waals surface area contributed by atoms with Gasteiger partial charge in [-0.2, -0.15) is 0 Å². The molecular weight excluding hydrogens is 1360 g/mol. The topological polar surface area (TPSA) is 163 Å². The number of fused-ring (bicyclic) bond motifs is 3. The quantitative estimate of drug-likeness (QED) is 0.0191. The number of ether oxygens (including phenoxy) is 3. The van der Waals surface area contributed by atoms with Crippen LogP contribution in [0.3, 0.4) is 0 Å². The van der Waals surface area contributed by atoms with Crippen LogP contribution in [0.25, 0.3) is 30.3 Å². The van der Waals surface area contributed by atoms with E-state index in [4.69, 9.17) is 27.8 Å². The lowest BCUT2D eigenvalue weighted by atomic mass is 9.97. The van der Waals surface area contributed by atoms with E-state index in [0.29, 0.717) is 97.6 Å². The van der Waals surface area contributed by atoms with Crippen molar-refractivity contribution in [1.29, 1.82) is 0 Å². The van der Waals surface area contributed by atoms with Gasteiger partial charge in [-0.15, -0.1) is 38.9 Å².